The lowest BCUT2D eigenvalue weighted by Gasteiger charge is -2.31. The first kappa shape index (κ1) is 26.7. The smallest absolute Gasteiger partial charge is 0.161 e. The number of fused-ring (bicyclic) bond motifs is 4. The topological polar surface area (TPSA) is 36.9 Å². The van der Waals surface area contributed by atoms with E-state index in [1.54, 1.807) is 0 Å². The van der Waals surface area contributed by atoms with Crippen molar-refractivity contribution in [1.82, 2.24) is 0 Å². The molecular formula is C32H46O4. The van der Waals surface area contributed by atoms with Crippen molar-refractivity contribution in [3.8, 4) is 23.0 Å². The number of hydrogen-bond acceptors (Lipinski definition) is 4. The number of hydrogen-bond donors (Lipinski definition) is 0. The molecule has 1 spiro atoms. The molecule has 0 bridgehead atoms. The first-order valence-corrected chi connectivity index (χ1v) is 13.7. The minimum atomic E-state index is -0.120. The largest absolute Gasteiger partial charge is 0.490 e. The second kappa shape index (κ2) is 9.19. The highest BCUT2D eigenvalue weighted by atomic mass is 16.5. The Kier molecular flexibility index (Phi) is 6.81. The van der Waals surface area contributed by atoms with Crippen LogP contribution >= 0.6 is 0 Å². The van der Waals surface area contributed by atoms with E-state index in [9.17, 15) is 0 Å². The van der Waals surface area contributed by atoms with Crippen molar-refractivity contribution in [3.05, 3.63) is 46.5 Å². The molecular weight excluding hydrogens is 448 g/mol. The van der Waals surface area contributed by atoms with Crippen LogP contribution in [-0.2, 0) is 16.2 Å². The molecule has 0 aromatic heterocycles. The third kappa shape index (κ3) is 4.57. The van der Waals surface area contributed by atoms with Crippen molar-refractivity contribution in [2.24, 2.45) is 0 Å². The Morgan fingerprint density at radius 2 is 0.917 bits per heavy atom. The van der Waals surface area contributed by atoms with Crippen LogP contribution in [0.3, 0.4) is 0 Å². The highest BCUT2D eigenvalue weighted by Gasteiger charge is 2.57. The number of rotatable bonds is 8. The molecule has 0 saturated heterocycles. The van der Waals surface area contributed by atoms with Crippen LogP contribution in [0.2, 0.25) is 0 Å². The van der Waals surface area contributed by atoms with Gasteiger partial charge in [-0.25, -0.2) is 0 Å². The molecule has 2 aromatic carbocycles. The monoisotopic (exact) mass is 494 g/mol. The van der Waals surface area contributed by atoms with Crippen molar-refractivity contribution in [2.75, 3.05) is 6.61 Å². The van der Waals surface area contributed by atoms with E-state index in [0.29, 0.717) is 6.61 Å². The van der Waals surface area contributed by atoms with E-state index >= 15 is 0 Å². The fourth-order valence-electron chi connectivity index (χ4n) is 6.63. The summed E-state index contributed by atoms with van der Waals surface area (Å²) in [7, 11) is 0. The zero-order valence-electron chi connectivity index (χ0n) is 24.3. The molecule has 0 saturated carbocycles. The zero-order valence-corrected chi connectivity index (χ0v) is 24.3. The lowest BCUT2D eigenvalue weighted by molar-refractivity contribution is 0.198. The quantitative estimate of drug-likeness (QED) is 0.371. The van der Waals surface area contributed by atoms with E-state index in [0.717, 1.165) is 35.8 Å². The van der Waals surface area contributed by atoms with Gasteiger partial charge in [-0.15, -0.1) is 0 Å². The average Bonchev–Trinajstić information content (AvgIpc) is 3.07. The maximum absolute atomic E-state index is 6.34. The summed E-state index contributed by atoms with van der Waals surface area (Å²) in [4.78, 5) is 0. The molecule has 4 rings (SSSR count). The maximum atomic E-state index is 6.34. The molecule has 2 aliphatic rings. The molecule has 0 aliphatic heterocycles. The molecule has 0 N–H and O–H groups in total. The number of benzene rings is 2. The van der Waals surface area contributed by atoms with Gasteiger partial charge in [0.15, 0.2) is 23.0 Å². The summed E-state index contributed by atoms with van der Waals surface area (Å²) < 4.78 is 25.0. The van der Waals surface area contributed by atoms with Gasteiger partial charge in [-0.05, 0) is 119 Å². The molecule has 0 fully saturated rings. The fraction of sp³-hybridized carbons (Fsp3) is 0.625. The van der Waals surface area contributed by atoms with Crippen LogP contribution in [0, 0.1) is 0 Å². The Morgan fingerprint density at radius 3 is 1.28 bits per heavy atom. The Bertz CT molecular complexity index is 1120. The van der Waals surface area contributed by atoms with Crippen LogP contribution in [0.1, 0.15) is 111 Å². The summed E-state index contributed by atoms with van der Waals surface area (Å²) >= 11 is 0. The molecule has 1 unspecified atom stereocenters. The van der Waals surface area contributed by atoms with Gasteiger partial charge in [0.05, 0.1) is 24.9 Å². The van der Waals surface area contributed by atoms with Gasteiger partial charge in [0.25, 0.3) is 0 Å². The van der Waals surface area contributed by atoms with Crippen molar-refractivity contribution >= 4 is 0 Å². The van der Waals surface area contributed by atoms with Crippen LogP contribution in [-0.4, -0.2) is 24.9 Å². The molecule has 36 heavy (non-hydrogen) atoms. The van der Waals surface area contributed by atoms with Crippen LogP contribution < -0.4 is 18.9 Å². The van der Waals surface area contributed by atoms with Gasteiger partial charge in [0, 0.05) is 5.41 Å². The molecule has 4 nitrogen and oxygen atoms in total. The first-order chi connectivity index (χ1) is 16.7. The summed E-state index contributed by atoms with van der Waals surface area (Å²) in [5, 5.41) is 0. The van der Waals surface area contributed by atoms with Crippen molar-refractivity contribution in [2.45, 2.75) is 124 Å². The van der Waals surface area contributed by atoms with E-state index in [2.05, 4.69) is 93.5 Å². The molecule has 0 heterocycles. The summed E-state index contributed by atoms with van der Waals surface area (Å²) in [6.07, 6.45) is 2.30. The zero-order chi connectivity index (χ0) is 26.6. The Morgan fingerprint density at radius 1 is 0.583 bits per heavy atom. The average molecular weight is 495 g/mol. The van der Waals surface area contributed by atoms with Gasteiger partial charge < -0.3 is 18.9 Å². The summed E-state index contributed by atoms with van der Waals surface area (Å²) in [6, 6.07) is 9.07. The third-order valence-electron chi connectivity index (χ3n) is 7.53. The first-order valence-electron chi connectivity index (χ1n) is 13.7. The van der Waals surface area contributed by atoms with E-state index in [4.69, 9.17) is 18.9 Å². The normalized spacial score (nSPS) is 21.3. The van der Waals surface area contributed by atoms with E-state index in [-0.39, 0.29) is 34.6 Å². The third-order valence-corrected chi connectivity index (χ3v) is 7.53. The molecule has 0 radical (unpaired) electrons. The Hall–Kier alpha value is -2.36. The predicted molar refractivity (Wildman–Crippen MR) is 147 cm³/mol. The lowest BCUT2D eigenvalue weighted by atomic mass is 9.72. The maximum Gasteiger partial charge on any atom is 0.161 e. The predicted octanol–water partition coefficient (Wildman–Crippen LogP) is 8.10. The van der Waals surface area contributed by atoms with Crippen LogP contribution in [0.5, 0.6) is 23.0 Å². The second-order valence-electron chi connectivity index (χ2n) is 12.8. The van der Waals surface area contributed by atoms with Crippen LogP contribution in [0.25, 0.3) is 0 Å². The molecule has 1 atom stereocenters. The van der Waals surface area contributed by atoms with Gasteiger partial charge in [0.2, 0.25) is 0 Å². The standard InChI is InChI=1S/C32H46O4/c1-12-33-26-15-24-22(13-27(26)34-19(2)3)30(8,9)17-32(24)18-31(10,11)23-14-28(35-20(4)5)29(16-25(23)32)36-21(6)7/h13-16,19-21H,12,17-18H2,1-11H3. The van der Waals surface area contributed by atoms with Crippen molar-refractivity contribution in [1.29, 1.82) is 0 Å². The molecule has 2 aliphatic carbocycles. The van der Waals surface area contributed by atoms with E-state index < -0.39 is 0 Å². The van der Waals surface area contributed by atoms with Gasteiger partial charge in [-0.3, -0.25) is 0 Å². The van der Waals surface area contributed by atoms with Crippen LogP contribution in [0.15, 0.2) is 24.3 Å². The van der Waals surface area contributed by atoms with Crippen molar-refractivity contribution < 1.29 is 18.9 Å². The summed E-state index contributed by atoms with van der Waals surface area (Å²) in [6.45, 7) is 24.5. The summed E-state index contributed by atoms with van der Waals surface area (Å²) in [5.74, 6) is 3.37. The van der Waals surface area contributed by atoms with Gasteiger partial charge in [0.1, 0.15) is 0 Å². The summed E-state index contributed by atoms with van der Waals surface area (Å²) in [5.41, 5.74) is 5.33. The Labute approximate surface area is 218 Å². The van der Waals surface area contributed by atoms with E-state index in [1.807, 2.05) is 6.92 Å². The van der Waals surface area contributed by atoms with Crippen molar-refractivity contribution in [3.63, 3.8) is 0 Å². The van der Waals surface area contributed by atoms with Gasteiger partial charge >= 0.3 is 0 Å². The second-order valence-corrected chi connectivity index (χ2v) is 12.8. The number of ether oxygens (including phenoxy) is 4. The van der Waals surface area contributed by atoms with E-state index in [1.165, 1.54) is 22.3 Å². The Balaban J connectivity index is 1.98. The molecule has 0 amide bonds. The fourth-order valence-corrected chi connectivity index (χ4v) is 6.63. The molecule has 4 heteroatoms. The molecule has 198 valence electrons. The minimum Gasteiger partial charge on any atom is -0.490 e. The lowest BCUT2D eigenvalue weighted by Crippen LogP contribution is -2.27. The van der Waals surface area contributed by atoms with Crippen LogP contribution in [0.4, 0.5) is 0 Å². The highest BCUT2D eigenvalue weighted by Crippen LogP contribution is 2.65. The van der Waals surface area contributed by atoms with Gasteiger partial charge in [-0.1, -0.05) is 27.7 Å². The minimum absolute atomic E-state index is 0.000962. The highest BCUT2D eigenvalue weighted by molar-refractivity contribution is 5.66. The molecule has 2 aromatic rings. The van der Waals surface area contributed by atoms with Gasteiger partial charge in [-0.2, -0.15) is 0 Å². The SMILES string of the molecule is CCOc1cc2c(cc1OC(C)C)C(C)(C)CC21CC(C)(C)c2cc(OC(C)C)c(OC(C)C)cc21.